The summed E-state index contributed by atoms with van der Waals surface area (Å²) in [5.41, 5.74) is 0.497. The van der Waals surface area contributed by atoms with Gasteiger partial charge >= 0.3 is 0 Å². The molecule has 0 fully saturated rings. The second-order valence-electron chi connectivity index (χ2n) is 3.46. The van der Waals surface area contributed by atoms with Gasteiger partial charge in [-0.15, -0.1) is 0 Å². The van der Waals surface area contributed by atoms with Gasteiger partial charge in [0.05, 0.1) is 0 Å². The van der Waals surface area contributed by atoms with Crippen molar-refractivity contribution in [2.24, 2.45) is 0 Å². The van der Waals surface area contributed by atoms with Crippen LogP contribution in [0.25, 0.3) is 0 Å². The number of quaternary nitrogens is 1. The number of nitrogens with one attached hydrogen (secondary N) is 2. The number of para-hydroxylation sites is 1. The van der Waals surface area contributed by atoms with Gasteiger partial charge in [0.1, 0.15) is 5.69 Å². The van der Waals surface area contributed by atoms with Crippen LogP contribution in [-0.4, -0.2) is 27.5 Å². The lowest BCUT2D eigenvalue weighted by Crippen LogP contribution is -3.13. The standard InChI is InChI=1S/C9H12N4O3/c1-6(14)11-9(10)12(15)7-4-2-3-5-8(7)13(11)16/h2-6,10,13-15H,1H3. The second-order valence-corrected chi connectivity index (χ2v) is 3.46. The highest BCUT2D eigenvalue weighted by molar-refractivity contribution is 5.94. The van der Waals surface area contributed by atoms with E-state index in [1.807, 2.05) is 0 Å². The van der Waals surface area contributed by atoms with Crippen molar-refractivity contribution in [2.45, 2.75) is 13.2 Å². The average Bonchev–Trinajstić information content (AvgIpc) is 2.26. The van der Waals surface area contributed by atoms with Gasteiger partial charge in [-0.25, -0.2) is 5.17 Å². The van der Waals surface area contributed by atoms with Crippen molar-refractivity contribution >= 4 is 17.3 Å². The number of hydrogen-bond donors (Lipinski definition) is 4. The van der Waals surface area contributed by atoms with Crippen LogP contribution in [0.2, 0.25) is 0 Å². The Balaban J connectivity index is 2.52. The molecule has 0 saturated carbocycles. The van der Waals surface area contributed by atoms with Crippen LogP contribution in [0.5, 0.6) is 0 Å². The molecule has 2 atom stereocenters. The number of anilines is 1. The molecule has 86 valence electrons. The first-order chi connectivity index (χ1) is 7.54. The predicted octanol–water partition coefficient (Wildman–Crippen LogP) is -0.600. The molecule has 0 aromatic heterocycles. The molecule has 1 aliphatic heterocycles. The Labute approximate surface area is 91.7 Å². The number of fused-ring (bicyclic) bond motifs is 1. The molecular formula is C9H12N4O3. The summed E-state index contributed by atoms with van der Waals surface area (Å²) in [6.45, 7) is 1.36. The highest BCUT2D eigenvalue weighted by atomic mass is 16.6. The molecule has 1 aromatic carbocycles. The molecule has 0 bridgehead atoms. The highest BCUT2D eigenvalue weighted by Crippen LogP contribution is 2.25. The van der Waals surface area contributed by atoms with Crippen LogP contribution in [-0.2, 0) is 0 Å². The molecule has 0 spiro atoms. The first-order valence-electron chi connectivity index (χ1n) is 4.72. The molecular weight excluding hydrogens is 212 g/mol. The summed E-state index contributed by atoms with van der Waals surface area (Å²) in [5.74, 6) is -0.460. The van der Waals surface area contributed by atoms with E-state index in [0.29, 0.717) is 5.06 Å². The number of aliphatic hydroxyl groups excluding tert-OH is 1. The number of guanidine groups is 1. The van der Waals surface area contributed by atoms with Crippen molar-refractivity contribution in [1.29, 1.82) is 5.41 Å². The van der Waals surface area contributed by atoms with Gasteiger partial charge in [0.25, 0.3) is 5.96 Å². The fourth-order valence-electron chi connectivity index (χ4n) is 1.63. The van der Waals surface area contributed by atoms with Crippen molar-refractivity contribution in [3.05, 3.63) is 29.5 Å². The SMILES string of the molecule is CC(O)N1C(=N)N(O)c2ccccc2[NH+]1[O-]. The third kappa shape index (κ3) is 1.42. The Morgan fingerprint density at radius 3 is 2.69 bits per heavy atom. The van der Waals surface area contributed by atoms with E-state index < -0.39 is 17.4 Å². The van der Waals surface area contributed by atoms with Gasteiger partial charge in [-0.3, -0.25) is 10.6 Å². The highest BCUT2D eigenvalue weighted by Gasteiger charge is 2.35. The minimum Gasteiger partial charge on any atom is -0.602 e. The average molecular weight is 224 g/mol. The van der Waals surface area contributed by atoms with Crippen molar-refractivity contribution in [3.8, 4) is 0 Å². The maximum atomic E-state index is 11.9. The first-order valence-corrected chi connectivity index (χ1v) is 4.72. The zero-order valence-corrected chi connectivity index (χ0v) is 8.58. The number of aliphatic hydroxyl groups is 1. The van der Waals surface area contributed by atoms with Crippen LogP contribution in [0.4, 0.5) is 11.4 Å². The van der Waals surface area contributed by atoms with Gasteiger partial charge in [0, 0.05) is 6.07 Å². The zero-order chi connectivity index (χ0) is 11.9. The van der Waals surface area contributed by atoms with Crippen molar-refractivity contribution in [3.63, 3.8) is 0 Å². The summed E-state index contributed by atoms with van der Waals surface area (Å²) in [4.78, 5) is 0. The van der Waals surface area contributed by atoms with Crippen LogP contribution >= 0.6 is 0 Å². The summed E-state index contributed by atoms with van der Waals surface area (Å²) in [7, 11) is 0. The van der Waals surface area contributed by atoms with E-state index in [4.69, 9.17) is 5.41 Å². The predicted molar refractivity (Wildman–Crippen MR) is 55.9 cm³/mol. The van der Waals surface area contributed by atoms with E-state index in [1.165, 1.54) is 19.1 Å². The van der Waals surface area contributed by atoms with E-state index in [-0.39, 0.29) is 11.4 Å². The smallest absolute Gasteiger partial charge is 0.273 e. The van der Waals surface area contributed by atoms with Gasteiger partial charge in [0.15, 0.2) is 11.9 Å². The van der Waals surface area contributed by atoms with Crippen LogP contribution < -0.4 is 10.2 Å². The number of benzene rings is 1. The summed E-state index contributed by atoms with van der Waals surface area (Å²) < 4.78 is 0. The molecule has 0 radical (unpaired) electrons. The van der Waals surface area contributed by atoms with E-state index in [0.717, 1.165) is 5.01 Å². The summed E-state index contributed by atoms with van der Waals surface area (Å²) in [5, 5.41) is 39.4. The van der Waals surface area contributed by atoms with Crippen molar-refractivity contribution in [2.75, 3.05) is 5.06 Å². The third-order valence-electron chi connectivity index (χ3n) is 2.38. The molecule has 0 amide bonds. The van der Waals surface area contributed by atoms with Crippen LogP contribution in [0.3, 0.4) is 0 Å². The Bertz CT molecular complexity index is 423. The van der Waals surface area contributed by atoms with E-state index in [1.54, 1.807) is 12.1 Å². The monoisotopic (exact) mass is 224 g/mol. The number of hydrogen-bond acceptors (Lipinski definition) is 4. The third-order valence-corrected chi connectivity index (χ3v) is 2.38. The zero-order valence-electron chi connectivity index (χ0n) is 8.58. The van der Waals surface area contributed by atoms with Crippen LogP contribution in [0, 0.1) is 10.6 Å². The molecule has 4 N–H and O–H groups in total. The summed E-state index contributed by atoms with van der Waals surface area (Å²) >= 11 is 0. The Hall–Kier alpha value is -1.67. The van der Waals surface area contributed by atoms with E-state index >= 15 is 0 Å². The molecule has 1 aliphatic rings. The molecule has 1 heterocycles. The van der Waals surface area contributed by atoms with Gasteiger partial charge in [-0.05, 0) is 13.0 Å². The Morgan fingerprint density at radius 2 is 2.06 bits per heavy atom. The van der Waals surface area contributed by atoms with E-state index in [9.17, 15) is 15.5 Å². The fraction of sp³-hybridized carbons (Fsp3) is 0.222. The van der Waals surface area contributed by atoms with Crippen molar-refractivity contribution in [1.82, 2.24) is 5.01 Å². The summed E-state index contributed by atoms with van der Waals surface area (Å²) in [6.07, 6.45) is -1.16. The Morgan fingerprint density at radius 1 is 1.44 bits per heavy atom. The molecule has 1 aromatic rings. The minimum absolute atomic E-state index is 0.245. The van der Waals surface area contributed by atoms with E-state index in [2.05, 4.69) is 0 Å². The van der Waals surface area contributed by atoms with Gasteiger partial charge in [0.2, 0.25) is 0 Å². The molecule has 16 heavy (non-hydrogen) atoms. The maximum absolute atomic E-state index is 11.9. The summed E-state index contributed by atoms with van der Waals surface area (Å²) in [6, 6.07) is 6.37. The topological polar surface area (TPSA) is 98.3 Å². The first kappa shape index (κ1) is 10.8. The van der Waals surface area contributed by atoms with Crippen molar-refractivity contribution < 1.29 is 15.5 Å². The number of nitrogens with zero attached hydrogens (tertiary/aromatic N) is 2. The maximum Gasteiger partial charge on any atom is 0.273 e. The molecule has 2 unspecified atom stereocenters. The molecule has 2 rings (SSSR count). The quantitative estimate of drug-likeness (QED) is 0.477. The van der Waals surface area contributed by atoms with Gasteiger partial charge in [-0.1, -0.05) is 12.1 Å². The second kappa shape index (κ2) is 3.72. The lowest BCUT2D eigenvalue weighted by Gasteiger charge is -2.42. The van der Waals surface area contributed by atoms with Gasteiger partial charge in [-0.2, -0.15) is 10.1 Å². The van der Waals surface area contributed by atoms with Gasteiger partial charge < -0.3 is 10.3 Å². The molecule has 7 heteroatoms. The molecule has 0 saturated heterocycles. The number of rotatable bonds is 1. The van der Waals surface area contributed by atoms with Crippen LogP contribution in [0.15, 0.2) is 24.3 Å². The fourth-order valence-corrected chi connectivity index (χ4v) is 1.63. The minimum atomic E-state index is -1.16. The van der Waals surface area contributed by atoms with Crippen LogP contribution in [0.1, 0.15) is 6.92 Å². The molecule has 7 nitrogen and oxygen atoms in total. The number of hydroxylamine groups is 1. The lowest BCUT2D eigenvalue weighted by atomic mass is 10.2. The normalized spacial score (nSPS) is 22.0. The molecule has 0 aliphatic carbocycles. The largest absolute Gasteiger partial charge is 0.602 e. The lowest BCUT2D eigenvalue weighted by molar-refractivity contribution is -0.905. The Kier molecular flexibility index (Phi) is 2.52.